The smallest absolute Gasteiger partial charge is 0.223 e. The summed E-state index contributed by atoms with van der Waals surface area (Å²) in [4.78, 5) is 3.68. The largest absolute Gasteiger partial charge is 0.414 e. The Hall–Kier alpha value is -0.493. The van der Waals surface area contributed by atoms with Crippen LogP contribution in [0, 0.1) is 6.57 Å². The predicted octanol–water partition coefficient (Wildman–Crippen LogP) is 4.93. The van der Waals surface area contributed by atoms with Gasteiger partial charge in [0.25, 0.3) is 0 Å². The molecule has 7 heteroatoms. The Morgan fingerprint density at radius 3 is 2.43 bits per heavy atom. The summed E-state index contributed by atoms with van der Waals surface area (Å²) in [6.45, 7) is 25.6. The number of nitrogens with zero attached hydrogens (tertiary/aromatic N) is 1. The van der Waals surface area contributed by atoms with Crippen LogP contribution in [0.15, 0.2) is 0 Å². The van der Waals surface area contributed by atoms with Crippen molar-refractivity contribution in [3.8, 4) is 0 Å². The Kier molecular flexibility index (Phi) is 6.81. The molecule has 6 atom stereocenters. The zero-order valence-corrected chi connectivity index (χ0v) is 21.1. The highest BCUT2D eigenvalue weighted by molar-refractivity contribution is 6.74. The van der Waals surface area contributed by atoms with E-state index >= 15 is 0 Å². The maximum atomic E-state index is 7.33. The average molecular weight is 440 g/mol. The summed E-state index contributed by atoms with van der Waals surface area (Å²) >= 11 is 0. The zero-order valence-electron chi connectivity index (χ0n) is 20.1. The van der Waals surface area contributed by atoms with Gasteiger partial charge >= 0.3 is 0 Å². The van der Waals surface area contributed by atoms with Gasteiger partial charge in [-0.15, -0.1) is 0 Å². The van der Waals surface area contributed by atoms with Crippen molar-refractivity contribution in [1.82, 2.24) is 0 Å². The molecule has 0 aliphatic carbocycles. The number of hydrogen-bond acceptors (Lipinski definition) is 5. The van der Waals surface area contributed by atoms with Gasteiger partial charge in [-0.3, -0.25) is 0 Å². The van der Waals surface area contributed by atoms with E-state index in [0.29, 0.717) is 13.2 Å². The van der Waals surface area contributed by atoms with E-state index in [4.69, 9.17) is 29.9 Å². The monoisotopic (exact) mass is 439 g/mol. The third-order valence-corrected chi connectivity index (χ3v) is 11.9. The molecule has 3 aliphatic heterocycles. The van der Waals surface area contributed by atoms with E-state index in [-0.39, 0.29) is 35.5 Å². The van der Waals surface area contributed by atoms with Crippen LogP contribution in [-0.4, -0.2) is 63.4 Å². The second-order valence-electron chi connectivity index (χ2n) is 11.4. The van der Waals surface area contributed by atoms with E-state index in [1.54, 1.807) is 0 Å². The van der Waals surface area contributed by atoms with Crippen molar-refractivity contribution in [2.45, 2.75) is 127 Å². The Morgan fingerprint density at radius 1 is 1.17 bits per heavy atom. The quantitative estimate of drug-likeness (QED) is 0.434. The van der Waals surface area contributed by atoms with Crippen LogP contribution in [0.1, 0.15) is 67.2 Å². The first kappa shape index (κ1) is 24.2. The maximum absolute atomic E-state index is 7.33. The van der Waals surface area contributed by atoms with Gasteiger partial charge in [-0.2, -0.15) is 0 Å². The normalized spacial score (nSPS) is 37.6. The van der Waals surface area contributed by atoms with E-state index in [2.05, 4.69) is 38.7 Å². The molecule has 0 bridgehead atoms. The molecule has 3 saturated heterocycles. The minimum atomic E-state index is -1.93. The molecule has 30 heavy (non-hydrogen) atoms. The van der Waals surface area contributed by atoms with Crippen LogP contribution in [0.3, 0.4) is 0 Å². The number of ether oxygens (including phenoxy) is 4. The Morgan fingerprint density at radius 2 is 1.87 bits per heavy atom. The van der Waals surface area contributed by atoms with Crippen molar-refractivity contribution in [2.24, 2.45) is 0 Å². The molecule has 3 rings (SSSR count). The summed E-state index contributed by atoms with van der Waals surface area (Å²) in [7, 11) is -1.93. The van der Waals surface area contributed by atoms with E-state index in [9.17, 15) is 0 Å². The van der Waals surface area contributed by atoms with Crippen LogP contribution >= 0.6 is 0 Å². The molecule has 0 unspecified atom stereocenters. The molecule has 0 saturated carbocycles. The van der Waals surface area contributed by atoms with Gasteiger partial charge in [-0.05, 0) is 44.8 Å². The van der Waals surface area contributed by atoms with Crippen molar-refractivity contribution in [1.29, 1.82) is 0 Å². The first-order valence-corrected chi connectivity index (χ1v) is 14.3. The van der Waals surface area contributed by atoms with Crippen molar-refractivity contribution < 1.29 is 23.4 Å². The second-order valence-corrected chi connectivity index (χ2v) is 16.2. The fourth-order valence-electron chi connectivity index (χ4n) is 4.46. The standard InChI is InChI=1S/C23H41NO5Si/c1-16(24-7)12-17-10-11-20-23(28-17,15-26-30(8,9)21(2,3)4)13-18(27-20)19-14-25-22(5,6)29-19/h16-20H,10-15H2,1-6,8-9H3/t16-,17-,18-,19-,20+,23-/m1/s1. The lowest BCUT2D eigenvalue weighted by Gasteiger charge is -2.45. The lowest BCUT2D eigenvalue weighted by atomic mass is 9.85. The van der Waals surface area contributed by atoms with Crippen LogP contribution in [0.5, 0.6) is 0 Å². The van der Waals surface area contributed by atoms with Gasteiger partial charge in [0.1, 0.15) is 11.7 Å². The third-order valence-electron chi connectivity index (χ3n) is 7.38. The highest BCUT2D eigenvalue weighted by Gasteiger charge is 2.57. The molecule has 0 amide bonds. The molecule has 0 spiro atoms. The van der Waals surface area contributed by atoms with Gasteiger partial charge in [0.05, 0.1) is 31.5 Å². The summed E-state index contributed by atoms with van der Waals surface area (Å²) in [5.41, 5.74) is -0.471. The number of fused-ring (bicyclic) bond motifs is 1. The summed E-state index contributed by atoms with van der Waals surface area (Å²) in [5, 5.41) is 0.136. The summed E-state index contributed by atoms with van der Waals surface area (Å²) in [5.74, 6) is -0.568. The van der Waals surface area contributed by atoms with Crippen molar-refractivity contribution in [3.63, 3.8) is 0 Å². The molecule has 0 radical (unpaired) electrons. The van der Waals surface area contributed by atoms with Crippen LogP contribution in [-0.2, 0) is 23.4 Å². The SMILES string of the molecule is [C-]#[N+][C@H](C)C[C@H]1CC[C@@H]2O[C@@H]([C@H]3COC(C)(C)O3)C[C@]2(CO[Si](C)(C)C(C)(C)C)O1. The molecule has 0 aromatic heterocycles. The molecular formula is C23H41NO5Si. The van der Waals surface area contributed by atoms with E-state index in [0.717, 1.165) is 25.7 Å². The maximum Gasteiger partial charge on any atom is 0.223 e. The molecule has 3 aliphatic rings. The molecule has 0 N–H and O–H groups in total. The summed E-state index contributed by atoms with van der Waals surface area (Å²) in [6, 6.07) is -0.0320. The molecular weight excluding hydrogens is 398 g/mol. The lowest BCUT2D eigenvalue weighted by Crippen LogP contribution is -2.55. The molecule has 3 heterocycles. The molecule has 6 nitrogen and oxygen atoms in total. The van der Waals surface area contributed by atoms with Gasteiger partial charge in [-0.25, -0.2) is 6.57 Å². The summed E-state index contributed by atoms with van der Waals surface area (Å²) < 4.78 is 31.9. The van der Waals surface area contributed by atoms with Gasteiger partial charge in [0, 0.05) is 19.8 Å². The fraction of sp³-hybridized carbons (Fsp3) is 0.957. The third kappa shape index (κ3) is 5.11. The molecule has 3 fully saturated rings. The Balaban J connectivity index is 1.77. The number of hydrogen-bond donors (Lipinski definition) is 0. The highest BCUT2D eigenvalue weighted by Crippen LogP contribution is 2.47. The first-order valence-electron chi connectivity index (χ1n) is 11.4. The van der Waals surface area contributed by atoms with E-state index < -0.39 is 19.7 Å². The molecule has 0 aromatic rings. The van der Waals surface area contributed by atoms with Gasteiger partial charge < -0.3 is 28.2 Å². The van der Waals surface area contributed by atoms with Gasteiger partial charge in [-0.1, -0.05) is 20.8 Å². The Bertz CT molecular complexity index is 655. The highest BCUT2D eigenvalue weighted by atomic mass is 28.4. The van der Waals surface area contributed by atoms with Crippen molar-refractivity contribution in [2.75, 3.05) is 13.2 Å². The minimum Gasteiger partial charge on any atom is -0.414 e. The topological polar surface area (TPSA) is 50.5 Å². The minimum absolute atomic E-state index is 0.000855. The molecule has 172 valence electrons. The molecule has 0 aromatic carbocycles. The summed E-state index contributed by atoms with van der Waals surface area (Å²) in [6.07, 6.45) is 3.30. The van der Waals surface area contributed by atoms with E-state index in [1.807, 2.05) is 20.8 Å². The van der Waals surface area contributed by atoms with Crippen LogP contribution in [0.4, 0.5) is 0 Å². The van der Waals surface area contributed by atoms with Gasteiger partial charge in [0.2, 0.25) is 6.04 Å². The second kappa shape index (κ2) is 8.46. The predicted molar refractivity (Wildman–Crippen MR) is 119 cm³/mol. The zero-order chi connectivity index (χ0) is 22.4. The van der Waals surface area contributed by atoms with Crippen LogP contribution in [0.25, 0.3) is 4.85 Å². The number of rotatable bonds is 6. The van der Waals surface area contributed by atoms with Crippen molar-refractivity contribution in [3.05, 3.63) is 11.4 Å². The van der Waals surface area contributed by atoms with Crippen LogP contribution in [0.2, 0.25) is 18.1 Å². The Labute approximate surface area is 183 Å². The fourth-order valence-corrected chi connectivity index (χ4v) is 5.50. The van der Waals surface area contributed by atoms with Gasteiger partial charge in [0.15, 0.2) is 14.1 Å². The van der Waals surface area contributed by atoms with Crippen LogP contribution < -0.4 is 0 Å². The average Bonchev–Trinajstić information content (AvgIpc) is 3.19. The first-order chi connectivity index (χ1) is 13.8. The van der Waals surface area contributed by atoms with E-state index in [1.165, 1.54) is 0 Å². The lowest BCUT2D eigenvalue weighted by molar-refractivity contribution is -0.185. The van der Waals surface area contributed by atoms with Crippen molar-refractivity contribution >= 4 is 8.32 Å².